The third kappa shape index (κ3) is 3.17. The lowest BCUT2D eigenvalue weighted by molar-refractivity contribution is 0.259. The molecule has 0 saturated carbocycles. The van der Waals surface area contributed by atoms with E-state index >= 15 is 0 Å². The summed E-state index contributed by atoms with van der Waals surface area (Å²) in [6.07, 6.45) is 3.94. The predicted octanol–water partition coefficient (Wildman–Crippen LogP) is 2.70. The first kappa shape index (κ1) is 14.7. The van der Waals surface area contributed by atoms with Crippen molar-refractivity contribution in [2.45, 2.75) is 25.5 Å². The summed E-state index contributed by atoms with van der Waals surface area (Å²) in [5, 5.41) is 3.36. The molecule has 2 aromatic rings. The highest BCUT2D eigenvalue weighted by molar-refractivity contribution is 5.45. The minimum Gasteiger partial charge on any atom is -0.493 e. The second-order valence-electron chi connectivity index (χ2n) is 5.12. The van der Waals surface area contributed by atoms with Crippen LogP contribution >= 0.6 is 0 Å². The van der Waals surface area contributed by atoms with Crippen molar-refractivity contribution >= 4 is 0 Å². The lowest BCUT2D eigenvalue weighted by atomic mass is 10.2. The van der Waals surface area contributed by atoms with Gasteiger partial charge in [0.1, 0.15) is 12.4 Å². The van der Waals surface area contributed by atoms with Gasteiger partial charge in [-0.1, -0.05) is 0 Å². The zero-order valence-corrected chi connectivity index (χ0v) is 12.8. The van der Waals surface area contributed by atoms with Crippen molar-refractivity contribution in [1.82, 2.24) is 10.3 Å². The number of hydrogen-bond acceptors (Lipinski definition) is 6. The first-order valence-corrected chi connectivity index (χ1v) is 7.33. The topological polar surface area (TPSA) is 65.8 Å². The van der Waals surface area contributed by atoms with E-state index in [4.69, 9.17) is 18.6 Å². The molecule has 1 atom stereocenters. The molecule has 0 spiro atoms. The molecular weight excluding hydrogens is 284 g/mol. The van der Waals surface area contributed by atoms with Crippen LogP contribution in [0.4, 0.5) is 0 Å². The minimum absolute atomic E-state index is 0.231. The van der Waals surface area contributed by atoms with E-state index in [1.165, 1.54) is 0 Å². The largest absolute Gasteiger partial charge is 0.493 e. The first-order valence-electron chi connectivity index (χ1n) is 7.33. The zero-order chi connectivity index (χ0) is 15.4. The highest BCUT2D eigenvalue weighted by atomic mass is 16.5. The predicted molar refractivity (Wildman–Crippen MR) is 80.4 cm³/mol. The first-order chi connectivity index (χ1) is 10.8. The number of aromatic nitrogens is 1. The average Bonchev–Trinajstić information content (AvgIpc) is 3.23. The maximum Gasteiger partial charge on any atom is 0.211 e. The van der Waals surface area contributed by atoms with Gasteiger partial charge in [-0.3, -0.25) is 0 Å². The Morgan fingerprint density at radius 3 is 2.86 bits per heavy atom. The molecule has 1 aromatic carbocycles. The molecule has 1 fully saturated rings. The number of nitrogens with one attached hydrogen (secondary N) is 1. The number of rotatable bonds is 6. The number of benzene rings is 1. The fourth-order valence-electron chi connectivity index (χ4n) is 2.51. The van der Waals surface area contributed by atoms with Crippen molar-refractivity contribution < 1.29 is 18.6 Å². The lowest BCUT2D eigenvalue weighted by Gasteiger charge is -2.10. The number of methoxy groups -OCH3 is 2. The van der Waals surface area contributed by atoms with Crippen LogP contribution in [-0.4, -0.2) is 25.7 Å². The summed E-state index contributed by atoms with van der Waals surface area (Å²) in [6, 6.07) is 5.66. The van der Waals surface area contributed by atoms with E-state index in [1.807, 2.05) is 12.1 Å². The lowest BCUT2D eigenvalue weighted by Crippen LogP contribution is -2.12. The van der Waals surface area contributed by atoms with Crippen molar-refractivity contribution in [3.63, 3.8) is 0 Å². The van der Waals surface area contributed by atoms with E-state index in [0.717, 1.165) is 25.3 Å². The molecular formula is C16H20N2O4. The second-order valence-corrected chi connectivity index (χ2v) is 5.12. The fourth-order valence-corrected chi connectivity index (χ4v) is 2.51. The Kier molecular flexibility index (Phi) is 4.48. The summed E-state index contributed by atoms with van der Waals surface area (Å²) in [7, 11) is 3.20. The van der Waals surface area contributed by atoms with Crippen molar-refractivity contribution in [1.29, 1.82) is 0 Å². The van der Waals surface area contributed by atoms with Crippen LogP contribution in [0.3, 0.4) is 0 Å². The van der Waals surface area contributed by atoms with Gasteiger partial charge in [0, 0.05) is 6.07 Å². The van der Waals surface area contributed by atoms with E-state index < -0.39 is 0 Å². The molecule has 1 aliphatic heterocycles. The van der Waals surface area contributed by atoms with Crippen LogP contribution in [-0.2, 0) is 6.61 Å². The Morgan fingerprint density at radius 2 is 2.14 bits per heavy atom. The van der Waals surface area contributed by atoms with Crippen LogP contribution in [0.2, 0.25) is 0 Å². The molecule has 1 aliphatic rings. The average molecular weight is 304 g/mol. The Bertz CT molecular complexity index is 620. The molecule has 0 unspecified atom stereocenters. The van der Waals surface area contributed by atoms with E-state index in [0.29, 0.717) is 29.6 Å². The zero-order valence-electron chi connectivity index (χ0n) is 12.8. The van der Waals surface area contributed by atoms with Gasteiger partial charge in [0.25, 0.3) is 0 Å². The number of oxazole rings is 1. The third-order valence-corrected chi connectivity index (χ3v) is 3.67. The molecule has 118 valence electrons. The van der Waals surface area contributed by atoms with Crippen LogP contribution < -0.4 is 19.5 Å². The number of ether oxygens (including phenoxy) is 3. The van der Waals surface area contributed by atoms with Crippen molar-refractivity contribution in [2.75, 3.05) is 20.8 Å². The molecule has 0 amide bonds. The summed E-state index contributed by atoms with van der Waals surface area (Å²) >= 11 is 0. The number of hydrogen-bond donors (Lipinski definition) is 1. The normalized spacial score (nSPS) is 17.5. The molecule has 6 heteroatoms. The van der Waals surface area contributed by atoms with Crippen LogP contribution in [0.15, 0.2) is 28.8 Å². The Morgan fingerprint density at radius 1 is 1.27 bits per heavy atom. The Balaban J connectivity index is 1.62. The van der Waals surface area contributed by atoms with Gasteiger partial charge in [0.2, 0.25) is 5.89 Å². The molecule has 2 heterocycles. The van der Waals surface area contributed by atoms with Crippen molar-refractivity contribution in [3.8, 4) is 17.2 Å². The summed E-state index contributed by atoms with van der Waals surface area (Å²) < 4.78 is 21.9. The monoisotopic (exact) mass is 304 g/mol. The highest BCUT2D eigenvalue weighted by Crippen LogP contribution is 2.31. The van der Waals surface area contributed by atoms with Gasteiger partial charge in [0.15, 0.2) is 17.3 Å². The Labute approximate surface area is 129 Å². The van der Waals surface area contributed by atoms with Gasteiger partial charge in [-0.15, -0.1) is 0 Å². The molecule has 0 radical (unpaired) electrons. The van der Waals surface area contributed by atoms with E-state index in [1.54, 1.807) is 26.5 Å². The molecule has 0 bridgehead atoms. The summed E-state index contributed by atoms with van der Waals surface area (Å²) in [6.45, 7) is 1.35. The molecule has 3 rings (SSSR count). The van der Waals surface area contributed by atoms with Gasteiger partial charge in [0.05, 0.1) is 26.5 Å². The SMILES string of the molecule is COc1ccc(OCc2cnc([C@@H]3CCCN3)o2)cc1OC. The van der Waals surface area contributed by atoms with Gasteiger partial charge >= 0.3 is 0 Å². The van der Waals surface area contributed by atoms with Crippen LogP contribution in [0.5, 0.6) is 17.2 Å². The Hall–Kier alpha value is -2.21. The smallest absolute Gasteiger partial charge is 0.211 e. The molecule has 6 nitrogen and oxygen atoms in total. The van der Waals surface area contributed by atoms with Crippen LogP contribution in [0.25, 0.3) is 0 Å². The van der Waals surface area contributed by atoms with E-state index in [-0.39, 0.29) is 6.04 Å². The summed E-state index contributed by atoms with van der Waals surface area (Å²) in [5.74, 6) is 3.44. The highest BCUT2D eigenvalue weighted by Gasteiger charge is 2.21. The van der Waals surface area contributed by atoms with E-state index in [2.05, 4.69) is 10.3 Å². The maximum absolute atomic E-state index is 5.74. The molecule has 22 heavy (non-hydrogen) atoms. The fraction of sp³-hybridized carbons (Fsp3) is 0.438. The summed E-state index contributed by atoms with van der Waals surface area (Å²) in [5.41, 5.74) is 0. The molecule has 1 N–H and O–H groups in total. The van der Waals surface area contributed by atoms with Crippen LogP contribution in [0.1, 0.15) is 30.5 Å². The number of nitrogens with zero attached hydrogens (tertiary/aromatic N) is 1. The second kappa shape index (κ2) is 6.70. The quantitative estimate of drug-likeness (QED) is 0.885. The van der Waals surface area contributed by atoms with Crippen LogP contribution in [0, 0.1) is 0 Å². The molecule has 0 aliphatic carbocycles. The van der Waals surface area contributed by atoms with E-state index in [9.17, 15) is 0 Å². The van der Waals surface area contributed by atoms with Gasteiger partial charge in [-0.2, -0.15) is 0 Å². The molecule has 1 aromatic heterocycles. The van der Waals surface area contributed by atoms with Gasteiger partial charge < -0.3 is 23.9 Å². The minimum atomic E-state index is 0.231. The third-order valence-electron chi connectivity index (χ3n) is 3.67. The van der Waals surface area contributed by atoms with Crippen molar-refractivity contribution in [3.05, 3.63) is 36.0 Å². The van der Waals surface area contributed by atoms with Gasteiger partial charge in [-0.25, -0.2) is 4.98 Å². The summed E-state index contributed by atoms with van der Waals surface area (Å²) in [4.78, 5) is 4.32. The van der Waals surface area contributed by atoms with Crippen molar-refractivity contribution in [2.24, 2.45) is 0 Å². The van der Waals surface area contributed by atoms with Gasteiger partial charge in [-0.05, 0) is 31.5 Å². The standard InChI is InChI=1S/C16H20N2O4/c1-19-14-6-5-11(8-15(14)20-2)21-10-12-9-18-16(22-12)13-4-3-7-17-13/h5-6,8-9,13,17H,3-4,7,10H2,1-2H3/t13-/m0/s1. The maximum atomic E-state index is 5.74. The molecule has 1 saturated heterocycles.